The smallest absolute Gasteiger partial charge is 0.169 e. The van der Waals surface area contributed by atoms with Gasteiger partial charge < -0.3 is 5.32 Å². The average Bonchev–Trinajstić information content (AvgIpc) is 3.10. The monoisotopic (exact) mass is 363 g/mol. The number of nitriles is 1. The van der Waals surface area contributed by atoms with Crippen molar-refractivity contribution >= 4 is 22.5 Å². The summed E-state index contributed by atoms with van der Waals surface area (Å²) in [6, 6.07) is 7.70. The van der Waals surface area contributed by atoms with Crippen LogP contribution in [0.4, 0.5) is 20.4 Å². The fourth-order valence-corrected chi connectivity index (χ4v) is 2.67. The van der Waals surface area contributed by atoms with Crippen LogP contribution in [-0.4, -0.2) is 24.7 Å². The van der Waals surface area contributed by atoms with Crippen LogP contribution in [0.2, 0.25) is 0 Å². The number of nitrogens with zero attached hydrogens (tertiary/aromatic N) is 6. The van der Waals surface area contributed by atoms with E-state index in [-0.39, 0.29) is 16.8 Å². The summed E-state index contributed by atoms with van der Waals surface area (Å²) in [5, 5.41) is 16.6. The lowest BCUT2D eigenvalue weighted by Crippen LogP contribution is -2.01. The van der Waals surface area contributed by atoms with Crippen molar-refractivity contribution in [3.05, 3.63) is 65.9 Å². The minimum atomic E-state index is -0.664. The lowest BCUT2D eigenvalue weighted by atomic mass is 10.2. The minimum absolute atomic E-state index is 0.00887. The van der Waals surface area contributed by atoms with Crippen LogP contribution in [0.3, 0.4) is 0 Å². The van der Waals surface area contributed by atoms with Crippen LogP contribution in [-0.2, 0) is 0 Å². The number of nitrogens with one attached hydrogen (secondary N) is 1. The number of rotatable bonds is 3. The van der Waals surface area contributed by atoms with E-state index in [0.717, 1.165) is 16.6 Å². The topological polar surface area (TPSA) is 92.3 Å². The van der Waals surface area contributed by atoms with E-state index in [9.17, 15) is 14.0 Å². The Morgan fingerprint density at radius 2 is 2.00 bits per heavy atom. The number of hydrogen-bond acceptors (Lipinski definition) is 6. The van der Waals surface area contributed by atoms with Gasteiger partial charge in [-0.1, -0.05) is 6.07 Å². The van der Waals surface area contributed by atoms with Crippen LogP contribution < -0.4 is 5.32 Å². The number of hydrogen-bond donors (Lipinski definition) is 1. The van der Waals surface area contributed by atoms with E-state index < -0.39 is 11.6 Å². The number of benzene rings is 1. The van der Waals surface area contributed by atoms with Crippen LogP contribution in [0.1, 0.15) is 11.3 Å². The van der Waals surface area contributed by atoms with Crippen molar-refractivity contribution in [3.8, 4) is 11.8 Å². The van der Waals surface area contributed by atoms with Gasteiger partial charge in [0.25, 0.3) is 0 Å². The molecule has 27 heavy (non-hydrogen) atoms. The van der Waals surface area contributed by atoms with Crippen molar-refractivity contribution in [1.82, 2.24) is 24.7 Å². The third kappa shape index (κ3) is 2.93. The first-order chi connectivity index (χ1) is 13.1. The summed E-state index contributed by atoms with van der Waals surface area (Å²) >= 11 is 0. The SMILES string of the molecule is Cc1cc(Nc2ncc(F)c3nn(-c4c(F)cccc4C#N)cc23)ncn1. The van der Waals surface area contributed by atoms with Gasteiger partial charge in [-0.3, -0.25) is 0 Å². The Kier molecular flexibility index (Phi) is 3.93. The molecule has 0 aliphatic carbocycles. The highest BCUT2D eigenvalue weighted by Gasteiger charge is 2.17. The number of fused-ring (bicyclic) bond motifs is 1. The van der Waals surface area contributed by atoms with Crippen LogP contribution in [0.5, 0.6) is 0 Å². The second-order valence-corrected chi connectivity index (χ2v) is 5.71. The summed E-state index contributed by atoms with van der Waals surface area (Å²) in [5.74, 6) is -0.538. The Balaban J connectivity index is 1.88. The number of anilines is 2. The highest BCUT2D eigenvalue weighted by Crippen LogP contribution is 2.27. The Morgan fingerprint density at radius 1 is 1.15 bits per heavy atom. The standard InChI is InChI=1S/C18H11F2N7/c1-10-5-15(24-9-23-10)25-18-12-8-27(26-16(12)14(20)7-22-18)17-11(6-21)3-2-4-13(17)19/h2-5,7-9H,1H3,(H,22,23,24,25). The first-order valence-electron chi connectivity index (χ1n) is 7.85. The van der Waals surface area contributed by atoms with Crippen molar-refractivity contribution in [2.45, 2.75) is 6.92 Å². The zero-order valence-electron chi connectivity index (χ0n) is 14.0. The molecule has 132 valence electrons. The Morgan fingerprint density at radius 3 is 2.78 bits per heavy atom. The molecule has 4 rings (SSSR count). The molecule has 0 radical (unpaired) electrons. The molecule has 0 saturated heterocycles. The summed E-state index contributed by atoms with van der Waals surface area (Å²) in [7, 11) is 0. The van der Waals surface area contributed by atoms with Crippen molar-refractivity contribution in [3.63, 3.8) is 0 Å². The molecule has 7 nitrogen and oxygen atoms in total. The molecular weight excluding hydrogens is 352 g/mol. The molecule has 0 unspecified atom stereocenters. The Hall–Kier alpha value is -3.93. The fourth-order valence-electron chi connectivity index (χ4n) is 2.67. The molecule has 1 aromatic carbocycles. The fraction of sp³-hybridized carbons (Fsp3) is 0.0556. The number of aryl methyl sites for hydroxylation is 1. The maximum absolute atomic E-state index is 14.3. The van der Waals surface area contributed by atoms with Gasteiger partial charge in [-0.15, -0.1) is 0 Å². The van der Waals surface area contributed by atoms with Gasteiger partial charge in [0.15, 0.2) is 5.82 Å². The van der Waals surface area contributed by atoms with Gasteiger partial charge in [0.2, 0.25) is 0 Å². The maximum atomic E-state index is 14.3. The first-order valence-corrected chi connectivity index (χ1v) is 7.85. The van der Waals surface area contributed by atoms with Crippen LogP contribution >= 0.6 is 0 Å². The highest BCUT2D eigenvalue weighted by atomic mass is 19.1. The normalized spacial score (nSPS) is 10.7. The summed E-state index contributed by atoms with van der Waals surface area (Å²) in [6.07, 6.45) is 3.82. The summed E-state index contributed by atoms with van der Waals surface area (Å²) in [6.45, 7) is 1.81. The van der Waals surface area contributed by atoms with Crippen molar-refractivity contribution < 1.29 is 8.78 Å². The van der Waals surface area contributed by atoms with Gasteiger partial charge in [0.1, 0.15) is 41.1 Å². The van der Waals surface area contributed by atoms with Crippen LogP contribution in [0.15, 0.2) is 43.0 Å². The molecule has 0 aliphatic heterocycles. The maximum Gasteiger partial charge on any atom is 0.169 e. The van der Waals surface area contributed by atoms with Gasteiger partial charge in [0, 0.05) is 18.0 Å². The number of aromatic nitrogens is 5. The third-order valence-electron chi connectivity index (χ3n) is 3.89. The molecule has 4 aromatic rings. The molecule has 0 bridgehead atoms. The summed E-state index contributed by atoms with van der Waals surface area (Å²) < 4.78 is 29.7. The van der Waals surface area contributed by atoms with Gasteiger partial charge in [0.05, 0.1) is 17.1 Å². The van der Waals surface area contributed by atoms with E-state index in [4.69, 9.17) is 0 Å². The van der Waals surface area contributed by atoms with Crippen molar-refractivity contribution in [1.29, 1.82) is 5.26 Å². The zero-order chi connectivity index (χ0) is 19.0. The summed E-state index contributed by atoms with van der Waals surface area (Å²) in [4.78, 5) is 12.1. The van der Waals surface area contributed by atoms with Crippen LogP contribution in [0.25, 0.3) is 16.6 Å². The molecule has 1 N–H and O–H groups in total. The minimum Gasteiger partial charge on any atom is -0.324 e. The molecule has 0 fully saturated rings. The van der Waals surface area contributed by atoms with Crippen molar-refractivity contribution in [2.75, 3.05) is 5.32 Å². The molecular formula is C18H11F2N7. The van der Waals surface area contributed by atoms with Gasteiger partial charge in [-0.25, -0.2) is 28.4 Å². The number of pyridine rings is 1. The lowest BCUT2D eigenvalue weighted by molar-refractivity contribution is 0.608. The number of para-hydroxylation sites is 1. The molecule has 3 heterocycles. The van der Waals surface area contributed by atoms with E-state index in [1.807, 2.05) is 6.07 Å². The lowest BCUT2D eigenvalue weighted by Gasteiger charge is -2.06. The van der Waals surface area contributed by atoms with Crippen molar-refractivity contribution in [2.24, 2.45) is 0 Å². The molecule has 9 heteroatoms. The van der Waals surface area contributed by atoms with E-state index in [2.05, 4.69) is 25.4 Å². The summed E-state index contributed by atoms with van der Waals surface area (Å²) in [5.41, 5.74) is 0.758. The van der Waals surface area contributed by atoms with E-state index in [1.54, 1.807) is 13.0 Å². The Labute approximate surface area is 151 Å². The van der Waals surface area contributed by atoms with Gasteiger partial charge >= 0.3 is 0 Å². The quantitative estimate of drug-likeness (QED) is 0.600. The molecule has 3 aromatic heterocycles. The second-order valence-electron chi connectivity index (χ2n) is 5.71. The molecule has 0 aliphatic rings. The highest BCUT2D eigenvalue weighted by molar-refractivity contribution is 5.91. The first kappa shape index (κ1) is 16.5. The van der Waals surface area contributed by atoms with E-state index >= 15 is 0 Å². The van der Waals surface area contributed by atoms with E-state index in [1.165, 1.54) is 30.7 Å². The second kappa shape index (κ2) is 6.42. The number of halogens is 2. The molecule has 0 spiro atoms. The molecule has 0 saturated carbocycles. The largest absolute Gasteiger partial charge is 0.324 e. The van der Waals surface area contributed by atoms with E-state index in [0.29, 0.717) is 17.0 Å². The molecule has 0 atom stereocenters. The third-order valence-corrected chi connectivity index (χ3v) is 3.89. The average molecular weight is 363 g/mol. The predicted octanol–water partition coefficient (Wildman–Crippen LogP) is 3.41. The Bertz CT molecular complexity index is 1210. The van der Waals surface area contributed by atoms with Gasteiger partial charge in [-0.2, -0.15) is 10.4 Å². The van der Waals surface area contributed by atoms with Crippen LogP contribution in [0, 0.1) is 29.9 Å². The zero-order valence-corrected chi connectivity index (χ0v) is 14.0. The molecule has 0 amide bonds. The predicted molar refractivity (Wildman–Crippen MR) is 93.5 cm³/mol. The van der Waals surface area contributed by atoms with Gasteiger partial charge in [-0.05, 0) is 19.1 Å².